The third-order valence-electron chi connectivity index (χ3n) is 5.71. The summed E-state index contributed by atoms with van der Waals surface area (Å²) in [5, 5.41) is 12.7. The maximum absolute atomic E-state index is 12.7. The zero-order valence-electron chi connectivity index (χ0n) is 20.2. The van der Waals surface area contributed by atoms with Crippen LogP contribution in [0.4, 0.5) is 0 Å². The number of hydrogen-bond acceptors (Lipinski definition) is 4. The van der Waals surface area contributed by atoms with Gasteiger partial charge in [-0.2, -0.15) is 8.42 Å². The summed E-state index contributed by atoms with van der Waals surface area (Å²) in [6.45, 7) is 2.24. The van der Waals surface area contributed by atoms with Gasteiger partial charge in [0.2, 0.25) is 0 Å². The SMILES string of the molecule is CCCCCCCCCCCCCCc1c(Oc2ccccc2)ccc(S(=O)(=O)O)c1[O-].[Na+]. The Hall–Kier alpha value is -1.05. The van der Waals surface area contributed by atoms with Gasteiger partial charge in [0, 0.05) is 0 Å². The summed E-state index contributed by atoms with van der Waals surface area (Å²) < 4.78 is 38.3. The smallest absolute Gasteiger partial charge is 0.871 e. The molecule has 0 aliphatic rings. The number of unbranched alkanes of at least 4 members (excludes halogenated alkanes) is 11. The molecule has 2 aromatic rings. The second-order valence-electron chi connectivity index (χ2n) is 8.40. The van der Waals surface area contributed by atoms with Crippen LogP contribution in [0, 0.1) is 0 Å². The van der Waals surface area contributed by atoms with Gasteiger partial charge < -0.3 is 9.84 Å². The topological polar surface area (TPSA) is 86.7 Å². The summed E-state index contributed by atoms with van der Waals surface area (Å²) in [7, 11) is -4.57. The second kappa shape index (κ2) is 16.6. The van der Waals surface area contributed by atoms with Crippen molar-refractivity contribution in [2.75, 3.05) is 0 Å². The van der Waals surface area contributed by atoms with Gasteiger partial charge in [0.05, 0.1) is 4.90 Å². The normalized spacial score (nSPS) is 11.2. The molecule has 0 unspecified atom stereocenters. The Morgan fingerprint density at radius 2 is 1.30 bits per heavy atom. The Bertz CT molecular complexity index is 900. The predicted molar refractivity (Wildman–Crippen MR) is 127 cm³/mol. The molecule has 0 amide bonds. The Morgan fingerprint density at radius 3 is 1.82 bits per heavy atom. The van der Waals surface area contributed by atoms with Crippen molar-refractivity contribution in [2.45, 2.75) is 95.3 Å². The molecule has 0 bridgehead atoms. The summed E-state index contributed by atoms with van der Waals surface area (Å²) in [5.74, 6) is 0.239. The second-order valence-corrected chi connectivity index (χ2v) is 9.79. The van der Waals surface area contributed by atoms with Crippen molar-refractivity contribution in [3.8, 4) is 17.2 Å². The molecule has 0 heterocycles. The van der Waals surface area contributed by atoms with E-state index in [0.29, 0.717) is 23.5 Å². The molecule has 0 fully saturated rings. The fourth-order valence-corrected chi connectivity index (χ4v) is 4.48. The first-order valence-electron chi connectivity index (χ1n) is 12.0. The zero-order valence-corrected chi connectivity index (χ0v) is 23.0. The van der Waals surface area contributed by atoms with Crippen molar-refractivity contribution in [1.82, 2.24) is 0 Å². The van der Waals surface area contributed by atoms with E-state index in [1.807, 2.05) is 18.2 Å². The first-order chi connectivity index (χ1) is 15.4. The van der Waals surface area contributed by atoms with E-state index < -0.39 is 20.8 Å². The standard InChI is InChI=1S/C26H38O5S.Na/c1-2-3-4-5-6-7-8-9-10-11-12-16-19-23-24(31-22-17-14-13-15-18-22)20-21-25(26(23)27)32(28,29)30;/h13-15,17-18,20-21,27H,2-12,16,19H2,1H3,(H,28,29,30);/q;+1/p-1. The van der Waals surface area contributed by atoms with E-state index in [4.69, 9.17) is 4.74 Å². The van der Waals surface area contributed by atoms with Crippen LogP contribution in [0.1, 0.15) is 89.5 Å². The van der Waals surface area contributed by atoms with Crippen molar-refractivity contribution in [1.29, 1.82) is 0 Å². The van der Waals surface area contributed by atoms with Gasteiger partial charge in [-0.3, -0.25) is 4.55 Å². The first-order valence-corrected chi connectivity index (χ1v) is 13.4. The number of para-hydroxylation sites is 1. The first kappa shape index (κ1) is 30.0. The third-order valence-corrected chi connectivity index (χ3v) is 6.59. The van der Waals surface area contributed by atoms with Crippen molar-refractivity contribution in [3.05, 3.63) is 48.0 Å². The van der Waals surface area contributed by atoms with Crippen molar-refractivity contribution >= 4 is 10.1 Å². The minimum absolute atomic E-state index is 0. The molecule has 0 radical (unpaired) electrons. The van der Waals surface area contributed by atoms with E-state index in [9.17, 15) is 18.1 Å². The van der Waals surface area contributed by atoms with Gasteiger partial charge in [0.1, 0.15) is 11.5 Å². The summed E-state index contributed by atoms with van der Waals surface area (Å²) >= 11 is 0. The number of rotatable bonds is 16. The van der Waals surface area contributed by atoms with Crippen LogP contribution >= 0.6 is 0 Å². The van der Waals surface area contributed by atoms with Crippen LogP contribution < -0.4 is 39.4 Å². The summed E-state index contributed by atoms with van der Waals surface area (Å²) in [6, 6.07) is 11.6. The molecule has 0 aliphatic carbocycles. The fraction of sp³-hybridized carbons (Fsp3) is 0.538. The van der Waals surface area contributed by atoms with E-state index >= 15 is 0 Å². The molecule has 5 nitrogen and oxygen atoms in total. The van der Waals surface area contributed by atoms with Gasteiger partial charge in [-0.05, 0) is 42.7 Å². The molecule has 0 saturated heterocycles. The Balaban J connectivity index is 0.00000544. The minimum Gasteiger partial charge on any atom is -0.871 e. The van der Waals surface area contributed by atoms with Gasteiger partial charge in [0.25, 0.3) is 10.1 Å². The Labute approximate surface area is 222 Å². The molecule has 0 spiro atoms. The molecule has 0 atom stereocenters. The molecule has 0 saturated carbocycles. The number of benzene rings is 2. The van der Waals surface area contributed by atoms with Gasteiger partial charge in [-0.25, -0.2) is 0 Å². The van der Waals surface area contributed by atoms with Gasteiger partial charge in [-0.15, -0.1) is 0 Å². The molecule has 2 aromatic carbocycles. The molecule has 2 rings (SSSR count). The van der Waals surface area contributed by atoms with E-state index in [2.05, 4.69) is 6.92 Å². The van der Waals surface area contributed by atoms with Gasteiger partial charge in [0.15, 0.2) is 0 Å². The molecule has 178 valence electrons. The van der Waals surface area contributed by atoms with Crippen LogP contribution in [0.3, 0.4) is 0 Å². The summed E-state index contributed by atoms with van der Waals surface area (Å²) in [6.07, 6.45) is 14.9. The average molecular weight is 485 g/mol. The van der Waals surface area contributed by atoms with Crippen LogP contribution in [0.2, 0.25) is 0 Å². The van der Waals surface area contributed by atoms with Crippen LogP contribution in [0.15, 0.2) is 47.4 Å². The molecule has 7 heteroatoms. The van der Waals surface area contributed by atoms with E-state index in [1.165, 1.54) is 63.9 Å². The van der Waals surface area contributed by atoms with Gasteiger partial charge in [-0.1, -0.05) is 102 Å². The number of ether oxygens (including phenoxy) is 1. The van der Waals surface area contributed by atoms with Crippen molar-refractivity contribution in [3.63, 3.8) is 0 Å². The predicted octanol–water partition coefficient (Wildman–Crippen LogP) is 4.05. The maximum atomic E-state index is 12.7. The van der Waals surface area contributed by atoms with Crippen LogP contribution in [0.25, 0.3) is 0 Å². The molecule has 1 N–H and O–H groups in total. The van der Waals surface area contributed by atoms with Crippen LogP contribution in [-0.4, -0.2) is 13.0 Å². The monoisotopic (exact) mass is 484 g/mol. The average Bonchev–Trinajstić information content (AvgIpc) is 2.76. The van der Waals surface area contributed by atoms with Crippen molar-refractivity contribution < 1.29 is 52.4 Å². The van der Waals surface area contributed by atoms with Crippen molar-refractivity contribution in [2.24, 2.45) is 0 Å². The van der Waals surface area contributed by atoms with E-state index in [1.54, 1.807) is 12.1 Å². The molecule has 33 heavy (non-hydrogen) atoms. The zero-order chi connectivity index (χ0) is 23.2. The maximum Gasteiger partial charge on any atom is 1.00 e. The minimum atomic E-state index is -4.57. The van der Waals surface area contributed by atoms with E-state index in [-0.39, 0.29) is 29.6 Å². The largest absolute Gasteiger partial charge is 1.00 e. The molecular weight excluding hydrogens is 447 g/mol. The third kappa shape index (κ3) is 11.3. The molecule has 0 aliphatic heterocycles. The van der Waals surface area contributed by atoms with Crippen LogP contribution in [0.5, 0.6) is 17.2 Å². The molecule has 0 aromatic heterocycles. The molecular formula is C26H37NaO5S. The Kier molecular flexibility index (Phi) is 15.0. The Morgan fingerprint density at radius 1 is 0.788 bits per heavy atom. The van der Waals surface area contributed by atoms with Gasteiger partial charge >= 0.3 is 29.6 Å². The van der Waals surface area contributed by atoms with E-state index in [0.717, 1.165) is 25.3 Å². The summed E-state index contributed by atoms with van der Waals surface area (Å²) in [5.41, 5.74) is 0.302. The number of hydrogen-bond donors (Lipinski definition) is 1. The summed E-state index contributed by atoms with van der Waals surface area (Å²) in [4.78, 5) is -0.591. The quantitative estimate of drug-likeness (QED) is 0.221. The fourth-order valence-electron chi connectivity index (χ4n) is 3.88. The van der Waals surface area contributed by atoms with Crippen LogP contribution in [-0.2, 0) is 16.5 Å².